The Balaban J connectivity index is 1.40. The van der Waals surface area contributed by atoms with Gasteiger partial charge in [-0.15, -0.1) is 0 Å². The number of ether oxygens (including phenoxy) is 2. The molecule has 0 N–H and O–H groups in total. The molecule has 2 aliphatic heterocycles. The van der Waals surface area contributed by atoms with E-state index in [1.54, 1.807) is 14.2 Å². The summed E-state index contributed by atoms with van der Waals surface area (Å²) in [5, 5.41) is 4.19. The molecule has 4 rings (SSSR count). The third-order valence-electron chi connectivity index (χ3n) is 7.23. The fourth-order valence-corrected chi connectivity index (χ4v) is 5.40. The highest BCUT2D eigenvalue weighted by Crippen LogP contribution is 2.47. The van der Waals surface area contributed by atoms with E-state index < -0.39 is 0 Å². The van der Waals surface area contributed by atoms with Crippen LogP contribution < -0.4 is 0 Å². The van der Waals surface area contributed by atoms with E-state index in [4.69, 9.17) is 14.0 Å². The molecule has 2 fully saturated rings. The van der Waals surface area contributed by atoms with Crippen molar-refractivity contribution >= 4 is 5.91 Å². The van der Waals surface area contributed by atoms with E-state index in [1.165, 1.54) is 0 Å². The lowest BCUT2D eigenvalue weighted by Crippen LogP contribution is -2.44. The van der Waals surface area contributed by atoms with Crippen LogP contribution in [0, 0.1) is 19.3 Å². The monoisotopic (exact) mass is 445 g/mol. The van der Waals surface area contributed by atoms with Gasteiger partial charge in [0.1, 0.15) is 6.61 Å². The van der Waals surface area contributed by atoms with Gasteiger partial charge >= 0.3 is 0 Å². The Morgan fingerprint density at radius 3 is 2.69 bits per heavy atom. The Hall–Kier alpha value is -2.23. The van der Waals surface area contributed by atoms with E-state index in [-0.39, 0.29) is 17.4 Å². The Morgan fingerprint density at radius 2 is 2.00 bits per heavy atom. The van der Waals surface area contributed by atoms with Crippen LogP contribution >= 0.6 is 0 Å². The van der Waals surface area contributed by atoms with Crippen LogP contribution in [-0.2, 0) is 22.6 Å². The number of amides is 1. The van der Waals surface area contributed by atoms with E-state index in [9.17, 15) is 4.79 Å². The summed E-state index contributed by atoms with van der Waals surface area (Å²) in [4.78, 5) is 22.2. The zero-order valence-electron chi connectivity index (χ0n) is 19.9. The molecule has 9 heteroatoms. The van der Waals surface area contributed by atoms with Crippen molar-refractivity contribution in [3.05, 3.63) is 34.7 Å². The number of nitrogens with zero attached hydrogens (tertiary/aromatic N) is 5. The number of hydrogen-bond donors (Lipinski definition) is 0. The van der Waals surface area contributed by atoms with Gasteiger partial charge in [0.15, 0.2) is 5.82 Å². The van der Waals surface area contributed by atoms with Gasteiger partial charge in [0.25, 0.3) is 11.8 Å². The Kier molecular flexibility index (Phi) is 6.69. The van der Waals surface area contributed by atoms with Gasteiger partial charge in [-0.05, 0) is 51.6 Å². The molecule has 1 amide bonds. The number of rotatable bonds is 7. The summed E-state index contributed by atoms with van der Waals surface area (Å²) in [6.07, 6.45) is 2.97. The second kappa shape index (κ2) is 9.33. The predicted molar refractivity (Wildman–Crippen MR) is 118 cm³/mol. The molecule has 2 aromatic rings. The molecule has 0 aliphatic carbocycles. The molecule has 32 heavy (non-hydrogen) atoms. The first-order chi connectivity index (χ1) is 15.4. The van der Waals surface area contributed by atoms with Crippen LogP contribution in [0.3, 0.4) is 0 Å². The average Bonchev–Trinajstić information content (AvgIpc) is 3.44. The van der Waals surface area contributed by atoms with Gasteiger partial charge < -0.3 is 23.5 Å². The van der Waals surface area contributed by atoms with Crippen molar-refractivity contribution in [1.29, 1.82) is 0 Å². The number of piperidine rings is 1. The van der Waals surface area contributed by atoms with Gasteiger partial charge in [-0.1, -0.05) is 5.16 Å². The lowest BCUT2D eigenvalue weighted by atomic mass is 9.76. The largest absolute Gasteiger partial charge is 0.383 e. The molecule has 0 saturated carbocycles. The molecule has 9 nitrogen and oxygen atoms in total. The van der Waals surface area contributed by atoms with E-state index in [2.05, 4.69) is 33.6 Å². The van der Waals surface area contributed by atoms with Crippen LogP contribution in [0.4, 0.5) is 0 Å². The highest BCUT2D eigenvalue weighted by Gasteiger charge is 2.46. The number of aromatic nitrogens is 3. The highest BCUT2D eigenvalue weighted by molar-refractivity contribution is 5.95. The molecule has 2 saturated heterocycles. The summed E-state index contributed by atoms with van der Waals surface area (Å²) in [5.41, 5.74) is 3.13. The quantitative estimate of drug-likeness (QED) is 0.647. The minimum absolute atomic E-state index is 0.141. The van der Waals surface area contributed by atoms with Crippen molar-refractivity contribution in [2.75, 3.05) is 47.5 Å². The molecule has 0 aromatic carbocycles. The van der Waals surface area contributed by atoms with Crippen LogP contribution in [0.15, 0.2) is 10.6 Å². The van der Waals surface area contributed by atoms with Crippen LogP contribution in [0.2, 0.25) is 0 Å². The molecular formula is C23H35N5O4. The minimum Gasteiger partial charge on any atom is -0.383 e. The minimum atomic E-state index is 0.141. The van der Waals surface area contributed by atoms with Gasteiger partial charge in [-0.25, -0.2) is 0 Å². The number of methoxy groups -OCH3 is 2. The van der Waals surface area contributed by atoms with Gasteiger partial charge in [0.2, 0.25) is 0 Å². The molecule has 4 heterocycles. The highest BCUT2D eigenvalue weighted by atomic mass is 16.5. The van der Waals surface area contributed by atoms with Crippen LogP contribution in [0.25, 0.3) is 0 Å². The van der Waals surface area contributed by atoms with Crippen molar-refractivity contribution in [2.24, 2.45) is 5.41 Å². The van der Waals surface area contributed by atoms with Crippen LogP contribution in [-0.4, -0.2) is 77.9 Å². The fourth-order valence-electron chi connectivity index (χ4n) is 5.40. The second-order valence-corrected chi connectivity index (χ2v) is 9.34. The summed E-state index contributed by atoms with van der Waals surface area (Å²) >= 11 is 0. The topological polar surface area (TPSA) is 85.9 Å². The fraction of sp³-hybridized carbons (Fsp3) is 0.696. The van der Waals surface area contributed by atoms with Gasteiger partial charge in [-0.3, -0.25) is 9.69 Å². The van der Waals surface area contributed by atoms with Gasteiger partial charge in [0, 0.05) is 51.8 Å². The smallest absolute Gasteiger partial charge is 0.255 e. The normalized spacial score (nSPS) is 21.0. The predicted octanol–water partition coefficient (Wildman–Crippen LogP) is 2.58. The third kappa shape index (κ3) is 4.33. The molecule has 176 valence electrons. The molecular weight excluding hydrogens is 410 g/mol. The van der Waals surface area contributed by atoms with Crippen molar-refractivity contribution in [3.8, 4) is 0 Å². The first kappa shape index (κ1) is 22.9. The number of carbonyl (C=O) groups excluding carboxylic acids is 1. The molecule has 1 unspecified atom stereocenters. The maximum atomic E-state index is 13.3. The second-order valence-electron chi connectivity index (χ2n) is 9.34. The number of hydrogen-bond acceptors (Lipinski definition) is 7. The standard InChI is InChI=1S/C23H35N5O4/c1-16-12-18(17(2)28(16)10-11-30-4)22(29)27-8-6-23(7-9-27)13-19(26(3)15-23)21-24-20(14-31-5)32-25-21/h12,19H,6-11,13-15H2,1-5H3. The summed E-state index contributed by atoms with van der Waals surface area (Å²) < 4.78 is 17.8. The first-order valence-corrected chi connectivity index (χ1v) is 11.3. The molecule has 2 aliphatic rings. The lowest BCUT2D eigenvalue weighted by molar-refractivity contribution is 0.0592. The Morgan fingerprint density at radius 1 is 1.25 bits per heavy atom. The van der Waals surface area contributed by atoms with Crippen molar-refractivity contribution in [3.63, 3.8) is 0 Å². The molecule has 0 radical (unpaired) electrons. The average molecular weight is 446 g/mol. The third-order valence-corrected chi connectivity index (χ3v) is 7.23. The summed E-state index contributed by atoms with van der Waals surface area (Å²) in [6, 6.07) is 2.16. The van der Waals surface area contributed by atoms with E-state index in [0.717, 1.165) is 68.2 Å². The van der Waals surface area contributed by atoms with Crippen molar-refractivity contribution in [1.82, 2.24) is 24.5 Å². The van der Waals surface area contributed by atoms with E-state index in [0.29, 0.717) is 19.1 Å². The maximum Gasteiger partial charge on any atom is 0.255 e. The van der Waals surface area contributed by atoms with Crippen LogP contribution in [0.5, 0.6) is 0 Å². The first-order valence-electron chi connectivity index (χ1n) is 11.3. The molecule has 1 spiro atoms. The Labute approximate surface area is 189 Å². The van der Waals surface area contributed by atoms with Gasteiger partial charge in [0.05, 0.1) is 18.2 Å². The number of likely N-dealkylation sites (tertiary alicyclic amines) is 2. The molecule has 2 aromatic heterocycles. The van der Waals surface area contributed by atoms with Crippen LogP contribution in [0.1, 0.15) is 58.8 Å². The summed E-state index contributed by atoms with van der Waals surface area (Å²) in [7, 11) is 5.44. The zero-order chi connectivity index (χ0) is 22.9. The molecule has 0 bridgehead atoms. The molecule has 1 atom stereocenters. The van der Waals surface area contributed by atoms with Gasteiger partial charge in [-0.2, -0.15) is 4.98 Å². The van der Waals surface area contributed by atoms with E-state index in [1.807, 2.05) is 17.9 Å². The number of carbonyl (C=O) groups is 1. The zero-order valence-corrected chi connectivity index (χ0v) is 19.9. The summed E-state index contributed by atoms with van der Waals surface area (Å²) in [6.45, 7) is 8.36. The van der Waals surface area contributed by atoms with Crippen molar-refractivity contribution in [2.45, 2.75) is 52.3 Å². The number of aryl methyl sites for hydroxylation is 1. The SMILES string of the molecule is COCCn1c(C)cc(C(=O)N2CCC3(CC2)CC(c2noc(COC)n2)N(C)C3)c1C. The maximum absolute atomic E-state index is 13.3. The Bertz CT molecular complexity index is 944. The lowest BCUT2D eigenvalue weighted by Gasteiger charge is -2.39. The van der Waals surface area contributed by atoms with E-state index >= 15 is 0 Å². The van der Waals surface area contributed by atoms with Crippen molar-refractivity contribution < 1.29 is 18.8 Å². The summed E-state index contributed by atoms with van der Waals surface area (Å²) in [5.74, 6) is 1.39.